The molecular weight excluding hydrogens is 395 g/mol. The molecule has 2 rings (SSSR count). The molecule has 0 aliphatic carbocycles. The number of ether oxygens (including phenoxy) is 1. The van der Waals surface area contributed by atoms with Crippen LogP contribution in [-0.2, 0) is 11.3 Å². The second-order valence-corrected chi connectivity index (χ2v) is 6.31. The number of anilines is 1. The smallest absolute Gasteiger partial charge is 0.172 e. The van der Waals surface area contributed by atoms with Crippen molar-refractivity contribution in [2.45, 2.75) is 19.9 Å². The molecule has 0 saturated heterocycles. The molecule has 0 bridgehead atoms. The van der Waals surface area contributed by atoms with Crippen molar-refractivity contribution < 1.29 is 9.13 Å². The molecule has 2 N–H and O–H groups in total. The number of thiocarbonyl (C=S) groups is 1. The Bertz CT molecular complexity index is 680. The SMILES string of the molecule is CCOCCCNC(=S)Nc1nn(Cc2ccccc2F)cc1Br. The Morgan fingerprint density at radius 1 is 1.42 bits per heavy atom. The van der Waals surface area contributed by atoms with E-state index in [0.29, 0.717) is 29.6 Å². The van der Waals surface area contributed by atoms with Crippen LogP contribution in [0.2, 0.25) is 0 Å². The largest absolute Gasteiger partial charge is 0.382 e. The molecule has 1 heterocycles. The van der Waals surface area contributed by atoms with Crippen LogP contribution >= 0.6 is 28.1 Å². The molecule has 0 aliphatic heterocycles. The Kier molecular flexibility index (Phi) is 7.61. The minimum atomic E-state index is -0.245. The van der Waals surface area contributed by atoms with E-state index in [9.17, 15) is 4.39 Å². The van der Waals surface area contributed by atoms with E-state index in [1.807, 2.05) is 6.92 Å². The number of hydrogen-bond acceptors (Lipinski definition) is 3. The number of aromatic nitrogens is 2. The summed E-state index contributed by atoms with van der Waals surface area (Å²) in [5, 5.41) is 11.0. The molecule has 130 valence electrons. The first-order chi connectivity index (χ1) is 11.6. The van der Waals surface area contributed by atoms with E-state index in [0.717, 1.165) is 24.0 Å². The van der Waals surface area contributed by atoms with Crippen LogP contribution in [0.1, 0.15) is 18.9 Å². The number of benzene rings is 1. The average molecular weight is 415 g/mol. The van der Waals surface area contributed by atoms with E-state index in [1.54, 1.807) is 29.1 Å². The maximum absolute atomic E-state index is 13.7. The van der Waals surface area contributed by atoms with Gasteiger partial charge in [0, 0.05) is 31.5 Å². The van der Waals surface area contributed by atoms with E-state index in [4.69, 9.17) is 17.0 Å². The van der Waals surface area contributed by atoms with Gasteiger partial charge in [0.25, 0.3) is 0 Å². The minimum Gasteiger partial charge on any atom is -0.382 e. The van der Waals surface area contributed by atoms with Gasteiger partial charge >= 0.3 is 0 Å². The summed E-state index contributed by atoms with van der Waals surface area (Å²) in [7, 11) is 0. The molecule has 8 heteroatoms. The highest BCUT2D eigenvalue weighted by Crippen LogP contribution is 2.21. The third kappa shape index (κ3) is 5.85. The van der Waals surface area contributed by atoms with Crippen molar-refractivity contribution in [2.24, 2.45) is 0 Å². The predicted octanol–water partition coefficient (Wildman–Crippen LogP) is 3.55. The zero-order valence-corrected chi connectivity index (χ0v) is 15.8. The highest BCUT2D eigenvalue weighted by Gasteiger charge is 2.10. The Balaban J connectivity index is 1.87. The Morgan fingerprint density at radius 2 is 2.21 bits per heavy atom. The summed E-state index contributed by atoms with van der Waals surface area (Å²) < 4.78 is 21.4. The highest BCUT2D eigenvalue weighted by atomic mass is 79.9. The number of rotatable bonds is 8. The summed E-state index contributed by atoms with van der Waals surface area (Å²) in [6.07, 6.45) is 2.66. The van der Waals surface area contributed by atoms with Crippen LogP contribution in [0.15, 0.2) is 34.9 Å². The summed E-state index contributed by atoms with van der Waals surface area (Å²) in [6.45, 7) is 4.46. The van der Waals surface area contributed by atoms with Crippen LogP contribution in [0.5, 0.6) is 0 Å². The van der Waals surface area contributed by atoms with E-state index in [-0.39, 0.29) is 5.82 Å². The lowest BCUT2D eigenvalue weighted by Crippen LogP contribution is -2.30. The maximum atomic E-state index is 13.7. The van der Waals surface area contributed by atoms with Gasteiger partial charge in [-0.25, -0.2) is 4.39 Å². The standard InChI is InChI=1S/C16H20BrFN4OS/c1-2-23-9-5-8-19-16(24)20-15-13(17)11-22(21-15)10-12-6-3-4-7-14(12)18/h3-4,6-7,11H,2,5,8-10H2,1H3,(H2,19,20,21,24). The number of nitrogens with one attached hydrogen (secondary N) is 2. The minimum absolute atomic E-state index is 0.245. The van der Waals surface area contributed by atoms with Crippen molar-refractivity contribution in [1.29, 1.82) is 0 Å². The Hall–Kier alpha value is -1.51. The lowest BCUT2D eigenvalue weighted by molar-refractivity contribution is 0.146. The third-order valence-electron chi connectivity index (χ3n) is 3.19. The first kappa shape index (κ1) is 18.8. The van der Waals surface area contributed by atoms with Gasteiger partial charge < -0.3 is 15.4 Å². The van der Waals surface area contributed by atoms with Crippen molar-refractivity contribution in [3.63, 3.8) is 0 Å². The summed E-state index contributed by atoms with van der Waals surface area (Å²) in [4.78, 5) is 0. The van der Waals surface area contributed by atoms with Crippen LogP contribution in [0, 0.1) is 5.82 Å². The summed E-state index contributed by atoms with van der Waals surface area (Å²) >= 11 is 8.67. The van der Waals surface area contributed by atoms with Gasteiger partial charge in [-0.1, -0.05) is 18.2 Å². The van der Waals surface area contributed by atoms with Crippen molar-refractivity contribution >= 4 is 39.1 Å². The van der Waals surface area contributed by atoms with E-state index in [1.165, 1.54) is 6.07 Å². The van der Waals surface area contributed by atoms with Gasteiger partial charge in [-0.15, -0.1) is 0 Å². The first-order valence-corrected chi connectivity index (χ1v) is 8.89. The zero-order chi connectivity index (χ0) is 17.4. The van der Waals surface area contributed by atoms with Gasteiger partial charge in [-0.05, 0) is 47.6 Å². The van der Waals surface area contributed by atoms with E-state index in [2.05, 4.69) is 31.7 Å². The molecule has 24 heavy (non-hydrogen) atoms. The Labute approximate surface area is 154 Å². The monoisotopic (exact) mass is 414 g/mol. The molecular formula is C16H20BrFN4OS. The molecule has 0 radical (unpaired) electrons. The topological polar surface area (TPSA) is 51.1 Å². The average Bonchev–Trinajstić information content (AvgIpc) is 2.89. The molecule has 0 atom stereocenters. The van der Waals surface area contributed by atoms with Crippen LogP contribution in [-0.4, -0.2) is 34.7 Å². The molecule has 2 aromatic rings. The lowest BCUT2D eigenvalue weighted by Gasteiger charge is -2.09. The van der Waals surface area contributed by atoms with Crippen molar-refractivity contribution in [2.75, 3.05) is 25.1 Å². The molecule has 0 saturated carbocycles. The van der Waals surface area contributed by atoms with Crippen LogP contribution in [0.25, 0.3) is 0 Å². The molecule has 0 spiro atoms. The number of nitrogens with zero attached hydrogens (tertiary/aromatic N) is 2. The number of hydrogen-bond donors (Lipinski definition) is 2. The van der Waals surface area contributed by atoms with Gasteiger partial charge in [0.05, 0.1) is 11.0 Å². The quantitative estimate of drug-likeness (QED) is 0.510. The van der Waals surface area contributed by atoms with Gasteiger partial charge in [0.15, 0.2) is 10.9 Å². The first-order valence-electron chi connectivity index (χ1n) is 7.69. The predicted molar refractivity (Wildman–Crippen MR) is 101 cm³/mol. The molecule has 5 nitrogen and oxygen atoms in total. The lowest BCUT2D eigenvalue weighted by atomic mass is 10.2. The fraction of sp³-hybridized carbons (Fsp3) is 0.375. The molecule has 1 aromatic carbocycles. The van der Waals surface area contributed by atoms with Crippen LogP contribution in [0.3, 0.4) is 0 Å². The Morgan fingerprint density at radius 3 is 2.96 bits per heavy atom. The van der Waals surface area contributed by atoms with Crippen molar-refractivity contribution in [1.82, 2.24) is 15.1 Å². The van der Waals surface area contributed by atoms with Gasteiger partial charge in [-0.3, -0.25) is 4.68 Å². The highest BCUT2D eigenvalue weighted by molar-refractivity contribution is 9.10. The number of halogens is 2. The summed E-state index contributed by atoms with van der Waals surface area (Å²) in [5.41, 5.74) is 0.579. The molecule has 0 aliphatic rings. The maximum Gasteiger partial charge on any atom is 0.172 e. The van der Waals surface area contributed by atoms with Crippen LogP contribution in [0.4, 0.5) is 10.2 Å². The summed E-state index contributed by atoms with van der Waals surface area (Å²) in [6, 6.07) is 6.65. The van der Waals surface area contributed by atoms with Gasteiger partial charge in [0.2, 0.25) is 0 Å². The second kappa shape index (κ2) is 9.71. The molecule has 0 amide bonds. The van der Waals surface area contributed by atoms with Gasteiger partial charge in [-0.2, -0.15) is 5.10 Å². The molecule has 1 aromatic heterocycles. The van der Waals surface area contributed by atoms with E-state index >= 15 is 0 Å². The fourth-order valence-corrected chi connectivity index (χ4v) is 2.65. The molecule has 0 unspecified atom stereocenters. The summed E-state index contributed by atoms with van der Waals surface area (Å²) in [5.74, 6) is 0.346. The normalized spacial score (nSPS) is 10.6. The van der Waals surface area contributed by atoms with Crippen LogP contribution < -0.4 is 10.6 Å². The van der Waals surface area contributed by atoms with Crippen molar-refractivity contribution in [3.05, 3.63) is 46.3 Å². The third-order valence-corrected chi connectivity index (χ3v) is 4.02. The fourth-order valence-electron chi connectivity index (χ4n) is 2.04. The van der Waals surface area contributed by atoms with Crippen molar-refractivity contribution in [3.8, 4) is 0 Å². The zero-order valence-electron chi connectivity index (χ0n) is 13.4. The second-order valence-electron chi connectivity index (χ2n) is 5.05. The van der Waals surface area contributed by atoms with Gasteiger partial charge in [0.1, 0.15) is 5.82 Å². The molecule has 0 fully saturated rings. The van der Waals surface area contributed by atoms with E-state index < -0.39 is 0 Å².